The van der Waals surface area contributed by atoms with Crippen LogP contribution in [0.15, 0.2) is 24.3 Å². The van der Waals surface area contributed by atoms with Gasteiger partial charge in [-0.25, -0.2) is 0 Å². The molecule has 4 nitrogen and oxygen atoms in total. The molecule has 0 saturated carbocycles. The molecule has 0 aliphatic heterocycles. The molecule has 1 aromatic carbocycles. The van der Waals surface area contributed by atoms with Crippen LogP contribution in [0, 0.1) is 11.3 Å². The van der Waals surface area contributed by atoms with E-state index in [0.717, 1.165) is 11.3 Å². The summed E-state index contributed by atoms with van der Waals surface area (Å²) in [7, 11) is 0. The van der Waals surface area contributed by atoms with Gasteiger partial charge in [-0.05, 0) is 24.6 Å². The molecule has 16 heavy (non-hydrogen) atoms. The van der Waals surface area contributed by atoms with E-state index in [1.54, 1.807) is 6.07 Å². The second kappa shape index (κ2) is 6.46. The van der Waals surface area contributed by atoms with Gasteiger partial charge in [0.2, 0.25) is 5.91 Å². The maximum atomic E-state index is 11.1. The minimum absolute atomic E-state index is 0.106. The number of benzene rings is 1. The van der Waals surface area contributed by atoms with E-state index in [1.807, 2.05) is 31.2 Å². The van der Waals surface area contributed by atoms with Gasteiger partial charge in [0.1, 0.15) is 12.2 Å². The van der Waals surface area contributed by atoms with E-state index in [1.165, 1.54) is 0 Å². The van der Waals surface area contributed by atoms with Crippen LogP contribution in [0.5, 0.6) is 5.75 Å². The molecule has 1 amide bonds. The molecule has 1 aromatic rings. The third kappa shape index (κ3) is 4.01. The molecule has 0 aliphatic rings. The van der Waals surface area contributed by atoms with Crippen molar-refractivity contribution in [3.63, 3.8) is 0 Å². The second-order valence-electron chi connectivity index (χ2n) is 3.19. The standard InChI is InChI=1S/C12H14N2O2/c1-2-16-11-5-3-4-10(8-11)9-14-12(15)6-7-13/h3-5,8H,2,6,9H2,1H3,(H,14,15). The SMILES string of the molecule is CCOc1cccc(CNC(=O)CC#N)c1. The molecule has 0 atom stereocenters. The maximum absolute atomic E-state index is 11.1. The third-order valence-corrected chi connectivity index (χ3v) is 1.94. The topological polar surface area (TPSA) is 62.1 Å². The van der Waals surface area contributed by atoms with Gasteiger partial charge in [0, 0.05) is 6.54 Å². The highest BCUT2D eigenvalue weighted by molar-refractivity contribution is 5.77. The molecule has 0 aromatic heterocycles. The van der Waals surface area contributed by atoms with Crippen LogP contribution < -0.4 is 10.1 Å². The van der Waals surface area contributed by atoms with Gasteiger partial charge in [-0.3, -0.25) is 4.79 Å². The smallest absolute Gasteiger partial charge is 0.234 e. The predicted octanol–water partition coefficient (Wildman–Crippen LogP) is 1.62. The molecular weight excluding hydrogens is 204 g/mol. The Kier molecular flexibility index (Phi) is 4.87. The summed E-state index contributed by atoms with van der Waals surface area (Å²) in [5.41, 5.74) is 0.956. The van der Waals surface area contributed by atoms with E-state index in [2.05, 4.69) is 5.32 Å². The number of carbonyl (C=O) groups is 1. The molecule has 0 heterocycles. The summed E-state index contributed by atoms with van der Waals surface area (Å²) < 4.78 is 5.34. The van der Waals surface area contributed by atoms with Crippen LogP contribution in [0.25, 0.3) is 0 Å². The van der Waals surface area contributed by atoms with Gasteiger partial charge in [0.05, 0.1) is 12.7 Å². The van der Waals surface area contributed by atoms with Crippen LogP contribution in [-0.2, 0) is 11.3 Å². The normalized spacial score (nSPS) is 9.25. The van der Waals surface area contributed by atoms with Gasteiger partial charge < -0.3 is 10.1 Å². The maximum Gasteiger partial charge on any atom is 0.234 e. The number of carbonyl (C=O) groups excluding carboxylic acids is 1. The molecule has 0 saturated heterocycles. The first-order chi connectivity index (χ1) is 7.76. The van der Waals surface area contributed by atoms with Gasteiger partial charge in [0.15, 0.2) is 0 Å². The highest BCUT2D eigenvalue weighted by atomic mass is 16.5. The fourth-order valence-electron chi connectivity index (χ4n) is 1.25. The molecule has 0 radical (unpaired) electrons. The van der Waals surface area contributed by atoms with Crippen molar-refractivity contribution in [2.24, 2.45) is 0 Å². The number of ether oxygens (including phenoxy) is 1. The van der Waals surface area contributed by atoms with Crippen LogP contribution >= 0.6 is 0 Å². The van der Waals surface area contributed by atoms with Crippen molar-refractivity contribution in [1.82, 2.24) is 5.32 Å². The van der Waals surface area contributed by atoms with Crippen molar-refractivity contribution in [2.45, 2.75) is 19.9 Å². The lowest BCUT2D eigenvalue weighted by Gasteiger charge is -2.06. The fraction of sp³-hybridized carbons (Fsp3) is 0.333. The Morgan fingerprint density at radius 1 is 1.56 bits per heavy atom. The van der Waals surface area contributed by atoms with E-state index in [9.17, 15) is 4.79 Å². The molecule has 0 bridgehead atoms. The molecule has 84 valence electrons. The molecule has 4 heteroatoms. The zero-order chi connectivity index (χ0) is 11.8. The number of nitrogens with zero attached hydrogens (tertiary/aromatic N) is 1. The molecule has 0 unspecified atom stereocenters. The van der Waals surface area contributed by atoms with E-state index >= 15 is 0 Å². The number of hydrogen-bond acceptors (Lipinski definition) is 3. The number of hydrogen-bond donors (Lipinski definition) is 1. The summed E-state index contributed by atoms with van der Waals surface area (Å²) in [5, 5.41) is 11.0. The third-order valence-electron chi connectivity index (χ3n) is 1.94. The minimum Gasteiger partial charge on any atom is -0.494 e. The van der Waals surface area contributed by atoms with Crippen molar-refractivity contribution in [2.75, 3.05) is 6.61 Å². The number of amides is 1. The first-order valence-corrected chi connectivity index (χ1v) is 5.11. The predicted molar refractivity (Wildman–Crippen MR) is 59.7 cm³/mol. The Hall–Kier alpha value is -2.02. The summed E-state index contributed by atoms with van der Waals surface area (Å²) >= 11 is 0. The monoisotopic (exact) mass is 218 g/mol. The zero-order valence-corrected chi connectivity index (χ0v) is 9.19. The van der Waals surface area contributed by atoms with Crippen LogP contribution in [0.2, 0.25) is 0 Å². The van der Waals surface area contributed by atoms with Gasteiger partial charge in [0.25, 0.3) is 0 Å². The molecule has 0 fully saturated rings. The largest absolute Gasteiger partial charge is 0.494 e. The van der Waals surface area contributed by atoms with Crippen LogP contribution in [0.3, 0.4) is 0 Å². The van der Waals surface area contributed by atoms with Crippen molar-refractivity contribution >= 4 is 5.91 Å². The number of rotatable bonds is 5. The van der Waals surface area contributed by atoms with Crippen LogP contribution in [-0.4, -0.2) is 12.5 Å². The summed E-state index contributed by atoms with van der Waals surface area (Å²) in [6.07, 6.45) is -0.106. The highest BCUT2D eigenvalue weighted by Gasteiger charge is 2.00. The van der Waals surface area contributed by atoms with Crippen molar-refractivity contribution in [3.8, 4) is 11.8 Å². The van der Waals surface area contributed by atoms with Crippen LogP contribution in [0.1, 0.15) is 18.9 Å². The van der Waals surface area contributed by atoms with Crippen LogP contribution in [0.4, 0.5) is 0 Å². The summed E-state index contributed by atoms with van der Waals surface area (Å²) in [4.78, 5) is 11.1. The van der Waals surface area contributed by atoms with E-state index in [0.29, 0.717) is 13.2 Å². The Bertz CT molecular complexity index is 396. The fourth-order valence-corrected chi connectivity index (χ4v) is 1.25. The van der Waals surface area contributed by atoms with Crippen molar-refractivity contribution in [1.29, 1.82) is 5.26 Å². The lowest BCUT2D eigenvalue weighted by atomic mass is 10.2. The first-order valence-electron chi connectivity index (χ1n) is 5.11. The summed E-state index contributed by atoms with van der Waals surface area (Å²) in [6, 6.07) is 9.30. The second-order valence-corrected chi connectivity index (χ2v) is 3.19. The van der Waals surface area contributed by atoms with E-state index in [-0.39, 0.29) is 12.3 Å². The molecule has 1 rings (SSSR count). The quantitative estimate of drug-likeness (QED) is 0.816. The Morgan fingerprint density at radius 2 is 2.38 bits per heavy atom. The molecule has 0 aliphatic carbocycles. The average Bonchev–Trinajstić information content (AvgIpc) is 2.28. The minimum atomic E-state index is -0.260. The Morgan fingerprint density at radius 3 is 3.06 bits per heavy atom. The molecular formula is C12H14N2O2. The lowest BCUT2D eigenvalue weighted by molar-refractivity contribution is -0.120. The van der Waals surface area contributed by atoms with Gasteiger partial charge in [-0.15, -0.1) is 0 Å². The summed E-state index contributed by atoms with van der Waals surface area (Å²) in [6.45, 7) is 2.95. The number of nitrogens with one attached hydrogen (secondary N) is 1. The van der Waals surface area contributed by atoms with E-state index < -0.39 is 0 Å². The van der Waals surface area contributed by atoms with Gasteiger partial charge in [-0.1, -0.05) is 12.1 Å². The summed E-state index contributed by atoms with van der Waals surface area (Å²) in [5.74, 6) is 0.527. The van der Waals surface area contributed by atoms with Gasteiger partial charge in [-0.2, -0.15) is 5.26 Å². The van der Waals surface area contributed by atoms with E-state index in [4.69, 9.17) is 10.00 Å². The van der Waals surface area contributed by atoms with Crippen molar-refractivity contribution in [3.05, 3.63) is 29.8 Å². The molecule has 1 N–H and O–H groups in total. The molecule has 0 spiro atoms. The number of nitriles is 1. The lowest BCUT2D eigenvalue weighted by Crippen LogP contribution is -2.21. The Labute approximate surface area is 94.8 Å². The highest BCUT2D eigenvalue weighted by Crippen LogP contribution is 2.12. The first kappa shape index (κ1) is 12.1. The average molecular weight is 218 g/mol. The van der Waals surface area contributed by atoms with Crippen molar-refractivity contribution < 1.29 is 9.53 Å². The Balaban J connectivity index is 2.51. The van der Waals surface area contributed by atoms with Gasteiger partial charge >= 0.3 is 0 Å². The zero-order valence-electron chi connectivity index (χ0n) is 9.19.